The number of pyridine rings is 1. The van der Waals surface area contributed by atoms with Crippen molar-refractivity contribution in [3.05, 3.63) is 52.4 Å². The predicted molar refractivity (Wildman–Crippen MR) is 146 cm³/mol. The minimum Gasteiger partial charge on any atom is -0.375 e. The minimum absolute atomic E-state index is 0.0258. The number of anilines is 1. The lowest BCUT2D eigenvalue weighted by Crippen LogP contribution is -2.33. The summed E-state index contributed by atoms with van der Waals surface area (Å²) < 4.78 is 28.5. The summed E-state index contributed by atoms with van der Waals surface area (Å²) in [7, 11) is -1.65. The SMILES string of the molecule is CCCCCN(C)c1ccc(Cn2c(C)nc3ccc(C(=O)NS(=O)(=O)CCCCC)nc32)c(Cl)c1. The number of halogens is 1. The van der Waals surface area contributed by atoms with Crippen molar-refractivity contribution in [2.24, 2.45) is 0 Å². The lowest BCUT2D eigenvalue weighted by atomic mass is 10.1. The van der Waals surface area contributed by atoms with Gasteiger partial charge < -0.3 is 9.47 Å². The van der Waals surface area contributed by atoms with Crippen molar-refractivity contribution in [2.75, 3.05) is 24.2 Å². The average molecular weight is 534 g/mol. The van der Waals surface area contributed by atoms with Crippen molar-refractivity contribution in [3.63, 3.8) is 0 Å². The van der Waals surface area contributed by atoms with Crippen molar-refractivity contribution in [3.8, 4) is 0 Å². The number of aryl methyl sites for hydroxylation is 1. The van der Waals surface area contributed by atoms with Gasteiger partial charge in [-0.1, -0.05) is 57.2 Å². The van der Waals surface area contributed by atoms with E-state index in [0.29, 0.717) is 29.2 Å². The Morgan fingerprint density at radius 3 is 2.47 bits per heavy atom. The molecule has 3 rings (SSSR count). The van der Waals surface area contributed by atoms with Gasteiger partial charge in [-0.15, -0.1) is 0 Å². The number of rotatable bonds is 13. The van der Waals surface area contributed by atoms with Gasteiger partial charge in [-0.2, -0.15) is 0 Å². The Morgan fingerprint density at radius 2 is 1.78 bits per heavy atom. The molecule has 3 aromatic rings. The number of nitrogens with zero attached hydrogens (tertiary/aromatic N) is 4. The number of hydrogen-bond donors (Lipinski definition) is 1. The highest BCUT2D eigenvalue weighted by Crippen LogP contribution is 2.26. The van der Waals surface area contributed by atoms with Crippen molar-refractivity contribution < 1.29 is 13.2 Å². The average Bonchev–Trinajstić information content (AvgIpc) is 3.14. The standard InChI is InChI=1S/C26H36ClN5O3S/c1-5-7-9-15-31(4)21-12-11-20(22(27)17-21)18-32-19(3)28-23-13-14-24(29-25(23)32)26(33)30-36(34,35)16-10-8-6-2/h11-14,17H,5-10,15-16,18H2,1-4H3,(H,30,33). The highest BCUT2D eigenvalue weighted by molar-refractivity contribution is 7.90. The summed E-state index contributed by atoms with van der Waals surface area (Å²) in [6, 6.07) is 9.19. The predicted octanol–water partition coefficient (Wildman–Crippen LogP) is 5.32. The molecule has 8 nitrogen and oxygen atoms in total. The van der Waals surface area contributed by atoms with E-state index in [4.69, 9.17) is 11.6 Å². The first-order valence-corrected chi connectivity index (χ1v) is 14.6. The zero-order valence-corrected chi connectivity index (χ0v) is 23.1. The molecule has 0 saturated heterocycles. The number of carbonyl (C=O) groups excluding carboxylic acids is 1. The van der Waals surface area contributed by atoms with Crippen LogP contribution < -0.4 is 9.62 Å². The maximum Gasteiger partial charge on any atom is 0.283 e. The summed E-state index contributed by atoms with van der Waals surface area (Å²) in [5.74, 6) is -0.111. The van der Waals surface area contributed by atoms with Crippen LogP contribution in [0.2, 0.25) is 5.02 Å². The Morgan fingerprint density at radius 1 is 1.06 bits per heavy atom. The number of unbranched alkanes of at least 4 members (excludes halogenated alkanes) is 4. The number of amides is 1. The fourth-order valence-corrected chi connectivity index (χ4v) is 5.33. The number of hydrogen-bond acceptors (Lipinski definition) is 6. The molecule has 0 bridgehead atoms. The molecule has 0 unspecified atom stereocenters. The molecule has 0 saturated carbocycles. The van der Waals surface area contributed by atoms with Crippen LogP contribution in [-0.4, -0.2) is 48.2 Å². The van der Waals surface area contributed by atoms with Crippen LogP contribution in [0.5, 0.6) is 0 Å². The Balaban J connectivity index is 1.80. The number of benzene rings is 1. The van der Waals surface area contributed by atoms with E-state index in [1.165, 1.54) is 18.9 Å². The second-order valence-corrected chi connectivity index (χ2v) is 11.4. The van der Waals surface area contributed by atoms with Crippen LogP contribution in [0.15, 0.2) is 30.3 Å². The molecule has 1 aromatic carbocycles. The first kappa shape index (κ1) is 27.9. The number of nitrogens with one attached hydrogen (secondary N) is 1. The van der Waals surface area contributed by atoms with Crippen LogP contribution in [0.1, 0.15) is 74.2 Å². The molecular formula is C26H36ClN5O3S. The van der Waals surface area contributed by atoms with E-state index >= 15 is 0 Å². The largest absolute Gasteiger partial charge is 0.375 e. The molecule has 0 radical (unpaired) electrons. The normalized spacial score (nSPS) is 11.7. The summed E-state index contributed by atoms with van der Waals surface area (Å²) in [6.07, 6.45) is 5.70. The number of fused-ring (bicyclic) bond motifs is 1. The molecule has 196 valence electrons. The van der Waals surface area contributed by atoms with Gasteiger partial charge in [0, 0.05) is 24.3 Å². The minimum atomic E-state index is -3.72. The van der Waals surface area contributed by atoms with Gasteiger partial charge >= 0.3 is 0 Å². The van der Waals surface area contributed by atoms with Crippen LogP contribution >= 0.6 is 11.6 Å². The molecule has 1 N–H and O–H groups in total. The van der Waals surface area contributed by atoms with Crippen LogP contribution in [0.3, 0.4) is 0 Å². The number of carbonyl (C=O) groups is 1. The second kappa shape index (κ2) is 12.5. The highest BCUT2D eigenvalue weighted by Gasteiger charge is 2.19. The van der Waals surface area contributed by atoms with E-state index in [2.05, 4.69) is 39.6 Å². The maximum absolute atomic E-state index is 12.7. The second-order valence-electron chi connectivity index (χ2n) is 9.15. The van der Waals surface area contributed by atoms with Gasteiger partial charge in [0.25, 0.3) is 5.91 Å². The fourth-order valence-electron chi connectivity index (χ4n) is 4.02. The summed E-state index contributed by atoms with van der Waals surface area (Å²) in [5, 5.41) is 0.642. The lowest BCUT2D eigenvalue weighted by Gasteiger charge is -2.20. The number of aromatic nitrogens is 3. The molecule has 1 amide bonds. The third-order valence-electron chi connectivity index (χ3n) is 6.18. The zero-order valence-electron chi connectivity index (χ0n) is 21.6. The first-order valence-electron chi connectivity index (χ1n) is 12.5. The van der Waals surface area contributed by atoms with E-state index in [1.807, 2.05) is 30.5 Å². The quantitative estimate of drug-likeness (QED) is 0.299. The van der Waals surface area contributed by atoms with Gasteiger partial charge in [0.05, 0.1) is 12.3 Å². The van der Waals surface area contributed by atoms with E-state index in [0.717, 1.165) is 42.9 Å². The monoisotopic (exact) mass is 533 g/mol. The zero-order chi connectivity index (χ0) is 26.3. The Bertz CT molecular complexity index is 1310. The van der Waals surface area contributed by atoms with Crippen LogP contribution in [0.4, 0.5) is 5.69 Å². The fraction of sp³-hybridized carbons (Fsp3) is 0.500. The Hall–Kier alpha value is -2.65. The Kier molecular flexibility index (Phi) is 9.73. The van der Waals surface area contributed by atoms with Crippen LogP contribution in [-0.2, 0) is 16.6 Å². The van der Waals surface area contributed by atoms with Gasteiger partial charge in [-0.05, 0) is 49.6 Å². The van der Waals surface area contributed by atoms with Gasteiger partial charge in [0.2, 0.25) is 10.0 Å². The molecule has 0 fully saturated rings. The van der Waals surface area contributed by atoms with E-state index in [1.54, 1.807) is 6.07 Å². The third kappa shape index (κ3) is 7.20. The van der Waals surface area contributed by atoms with Gasteiger partial charge in [-0.25, -0.2) is 23.1 Å². The molecule has 0 aliphatic heterocycles. The molecule has 0 spiro atoms. The van der Waals surface area contributed by atoms with Crippen molar-refractivity contribution in [1.29, 1.82) is 0 Å². The van der Waals surface area contributed by atoms with Gasteiger partial charge in [0.15, 0.2) is 5.65 Å². The molecule has 36 heavy (non-hydrogen) atoms. The maximum atomic E-state index is 12.7. The highest BCUT2D eigenvalue weighted by atomic mass is 35.5. The van der Waals surface area contributed by atoms with E-state index < -0.39 is 15.9 Å². The molecular weight excluding hydrogens is 498 g/mol. The van der Waals surface area contributed by atoms with E-state index in [9.17, 15) is 13.2 Å². The van der Waals surface area contributed by atoms with Gasteiger partial charge in [-0.3, -0.25) is 4.79 Å². The first-order chi connectivity index (χ1) is 17.1. The molecule has 0 atom stereocenters. The molecule has 0 aliphatic rings. The molecule has 2 heterocycles. The van der Waals surface area contributed by atoms with Crippen molar-refractivity contribution in [1.82, 2.24) is 19.3 Å². The summed E-state index contributed by atoms with van der Waals surface area (Å²) in [4.78, 5) is 23.9. The smallest absolute Gasteiger partial charge is 0.283 e. The van der Waals surface area contributed by atoms with E-state index in [-0.39, 0.29) is 11.4 Å². The molecule has 2 aromatic heterocycles. The third-order valence-corrected chi connectivity index (χ3v) is 7.86. The van der Waals surface area contributed by atoms with Gasteiger partial charge in [0.1, 0.15) is 17.0 Å². The Labute approximate surface area is 219 Å². The molecule has 0 aliphatic carbocycles. The van der Waals surface area contributed by atoms with Crippen molar-refractivity contribution in [2.45, 2.75) is 65.8 Å². The van der Waals surface area contributed by atoms with Crippen LogP contribution in [0, 0.1) is 6.92 Å². The van der Waals surface area contributed by atoms with Crippen LogP contribution in [0.25, 0.3) is 11.2 Å². The number of imidazole rings is 1. The summed E-state index contributed by atoms with van der Waals surface area (Å²) >= 11 is 6.65. The number of sulfonamides is 1. The summed E-state index contributed by atoms with van der Waals surface area (Å²) in [6.45, 7) is 7.44. The molecule has 10 heteroatoms. The lowest BCUT2D eigenvalue weighted by molar-refractivity contribution is 0.0977. The topological polar surface area (TPSA) is 97.2 Å². The summed E-state index contributed by atoms with van der Waals surface area (Å²) in [5.41, 5.74) is 3.11. The van der Waals surface area contributed by atoms with Crippen molar-refractivity contribution >= 4 is 44.4 Å².